The highest BCUT2D eigenvalue weighted by molar-refractivity contribution is 5.97. The molecule has 1 heterocycles. The van der Waals surface area contributed by atoms with E-state index in [1.807, 2.05) is 27.7 Å². The molecule has 0 aromatic heterocycles. The molecule has 5 rings (SSSR count). The van der Waals surface area contributed by atoms with Crippen LogP contribution in [0.15, 0.2) is 30.3 Å². The van der Waals surface area contributed by atoms with Crippen molar-refractivity contribution in [1.82, 2.24) is 0 Å². The molecule has 7 heteroatoms. The van der Waals surface area contributed by atoms with Gasteiger partial charge in [-0.1, -0.05) is 32.9 Å². The van der Waals surface area contributed by atoms with Gasteiger partial charge in [-0.3, -0.25) is 4.79 Å². The van der Waals surface area contributed by atoms with Crippen LogP contribution in [0.5, 0.6) is 23.0 Å². The van der Waals surface area contributed by atoms with Crippen LogP contribution in [-0.4, -0.2) is 24.2 Å². The van der Waals surface area contributed by atoms with Gasteiger partial charge in [0.05, 0.1) is 18.6 Å². The summed E-state index contributed by atoms with van der Waals surface area (Å²) in [4.78, 5) is 26.6. The number of cyclic esters (lactones) is 1. The van der Waals surface area contributed by atoms with Crippen LogP contribution in [0.4, 0.5) is 0 Å². The summed E-state index contributed by atoms with van der Waals surface area (Å²) in [7, 11) is 1.45. The Balaban J connectivity index is 1.51. The van der Waals surface area contributed by atoms with Crippen LogP contribution < -0.4 is 14.2 Å². The summed E-state index contributed by atoms with van der Waals surface area (Å²) in [5, 5.41) is 10.9. The van der Waals surface area contributed by atoms with Gasteiger partial charge < -0.3 is 24.1 Å². The number of carbonyl (C=O) groups excluding carboxylic acids is 2. The number of rotatable bonds is 5. The Morgan fingerprint density at radius 1 is 1.14 bits per heavy atom. The summed E-state index contributed by atoms with van der Waals surface area (Å²) in [6.07, 6.45) is 3.88. The molecule has 1 unspecified atom stereocenters. The molecule has 0 spiro atoms. The van der Waals surface area contributed by atoms with E-state index in [4.69, 9.17) is 18.9 Å². The van der Waals surface area contributed by atoms with Crippen molar-refractivity contribution < 1.29 is 33.6 Å². The number of para-hydroxylation sites is 1. The maximum absolute atomic E-state index is 13.5. The van der Waals surface area contributed by atoms with Gasteiger partial charge in [0.2, 0.25) is 0 Å². The van der Waals surface area contributed by atoms with E-state index in [-0.39, 0.29) is 35.1 Å². The first-order valence-corrected chi connectivity index (χ1v) is 13.1. The molecule has 37 heavy (non-hydrogen) atoms. The number of aliphatic hydroxyl groups is 1. The predicted octanol–water partition coefficient (Wildman–Crippen LogP) is 6.36. The first-order chi connectivity index (χ1) is 17.5. The van der Waals surface area contributed by atoms with Gasteiger partial charge in [0.15, 0.2) is 11.5 Å². The highest BCUT2D eigenvalue weighted by Crippen LogP contribution is 2.58. The number of esters is 2. The number of fused-ring (bicyclic) bond motifs is 4. The monoisotopic (exact) mass is 508 g/mol. The Hall–Kier alpha value is -3.06. The van der Waals surface area contributed by atoms with E-state index in [1.54, 1.807) is 30.3 Å². The summed E-state index contributed by atoms with van der Waals surface area (Å²) >= 11 is 0. The fourth-order valence-electron chi connectivity index (χ4n) is 6.40. The van der Waals surface area contributed by atoms with E-state index in [0.717, 1.165) is 25.7 Å². The molecule has 2 bridgehead atoms. The van der Waals surface area contributed by atoms with Crippen molar-refractivity contribution in [2.45, 2.75) is 72.5 Å². The van der Waals surface area contributed by atoms with Crippen molar-refractivity contribution in [1.29, 1.82) is 0 Å². The summed E-state index contributed by atoms with van der Waals surface area (Å²) < 4.78 is 23.5. The second kappa shape index (κ2) is 9.35. The van der Waals surface area contributed by atoms with Crippen molar-refractivity contribution in [3.05, 3.63) is 47.0 Å². The van der Waals surface area contributed by atoms with Crippen LogP contribution >= 0.6 is 0 Å². The van der Waals surface area contributed by atoms with Gasteiger partial charge in [-0.15, -0.1) is 0 Å². The number of ether oxygens (including phenoxy) is 4. The molecule has 2 fully saturated rings. The van der Waals surface area contributed by atoms with Gasteiger partial charge >= 0.3 is 11.9 Å². The minimum Gasteiger partial charge on any atom is -0.495 e. The molecular weight excluding hydrogens is 472 g/mol. The van der Waals surface area contributed by atoms with E-state index >= 15 is 0 Å². The van der Waals surface area contributed by atoms with Crippen LogP contribution in [0.2, 0.25) is 0 Å². The third kappa shape index (κ3) is 4.48. The lowest BCUT2D eigenvalue weighted by molar-refractivity contribution is -0.147. The van der Waals surface area contributed by atoms with Gasteiger partial charge in [-0.2, -0.15) is 0 Å². The SMILES string of the molecule is COc1c(C(O)CC(C)(C)C)ccc2c1C(=O)OCc1cccc(OC(=O)C3(C)C4CCC3CC4)c1O2. The first kappa shape index (κ1) is 25.6. The number of hydrogen-bond donors (Lipinski definition) is 1. The zero-order chi connectivity index (χ0) is 26.5. The van der Waals surface area contributed by atoms with Gasteiger partial charge in [0, 0.05) is 11.1 Å². The Labute approximate surface area is 218 Å². The maximum atomic E-state index is 13.5. The first-order valence-electron chi connectivity index (χ1n) is 13.1. The topological polar surface area (TPSA) is 91.3 Å². The highest BCUT2D eigenvalue weighted by Gasteiger charge is 2.57. The minimum absolute atomic E-state index is 0.0561. The Morgan fingerprint density at radius 3 is 2.43 bits per heavy atom. The van der Waals surface area contributed by atoms with Crippen LogP contribution in [-0.2, 0) is 16.1 Å². The summed E-state index contributed by atoms with van der Waals surface area (Å²) in [6, 6.07) is 8.59. The van der Waals surface area contributed by atoms with Crippen LogP contribution in [0, 0.1) is 22.7 Å². The van der Waals surface area contributed by atoms with E-state index in [2.05, 4.69) is 0 Å². The van der Waals surface area contributed by atoms with Crippen molar-refractivity contribution in [3.63, 3.8) is 0 Å². The smallest absolute Gasteiger partial charge is 0.346 e. The highest BCUT2D eigenvalue weighted by atomic mass is 16.6. The second-order valence-corrected chi connectivity index (χ2v) is 12.0. The van der Waals surface area contributed by atoms with Gasteiger partial charge in [-0.25, -0.2) is 4.79 Å². The molecule has 1 N–H and O–H groups in total. The van der Waals surface area contributed by atoms with Gasteiger partial charge in [0.25, 0.3) is 0 Å². The molecule has 198 valence electrons. The molecule has 1 atom stereocenters. The minimum atomic E-state index is -0.843. The number of hydrogen-bond acceptors (Lipinski definition) is 7. The summed E-state index contributed by atoms with van der Waals surface area (Å²) in [5.74, 6) is 0.920. The average molecular weight is 509 g/mol. The fraction of sp³-hybridized carbons (Fsp3) is 0.533. The molecule has 0 saturated heterocycles. The Bertz CT molecular complexity index is 1210. The van der Waals surface area contributed by atoms with E-state index < -0.39 is 17.5 Å². The lowest BCUT2D eigenvalue weighted by atomic mass is 9.80. The average Bonchev–Trinajstić information content (AvgIpc) is 3.34. The van der Waals surface area contributed by atoms with Crippen molar-refractivity contribution >= 4 is 11.9 Å². The Morgan fingerprint density at radius 2 is 1.81 bits per heavy atom. The van der Waals surface area contributed by atoms with E-state index in [1.165, 1.54) is 7.11 Å². The predicted molar refractivity (Wildman–Crippen MR) is 137 cm³/mol. The van der Waals surface area contributed by atoms with Crippen molar-refractivity contribution in [2.24, 2.45) is 22.7 Å². The van der Waals surface area contributed by atoms with Crippen LogP contribution in [0.3, 0.4) is 0 Å². The van der Waals surface area contributed by atoms with E-state index in [9.17, 15) is 14.7 Å². The number of methoxy groups -OCH3 is 1. The lowest BCUT2D eigenvalue weighted by Gasteiger charge is -2.28. The Kier molecular flexibility index (Phi) is 6.47. The maximum Gasteiger partial charge on any atom is 0.346 e. The summed E-state index contributed by atoms with van der Waals surface area (Å²) in [6.45, 7) is 8.07. The quantitative estimate of drug-likeness (QED) is 0.371. The molecule has 3 aliphatic rings. The normalized spacial score (nSPS) is 25.2. The van der Waals surface area contributed by atoms with Gasteiger partial charge in [-0.05, 0) is 74.5 Å². The molecular formula is C30H36O7. The number of aliphatic hydroxyl groups excluding tert-OH is 1. The molecule has 0 amide bonds. The van der Waals surface area contributed by atoms with Crippen molar-refractivity contribution in [2.75, 3.05) is 7.11 Å². The van der Waals surface area contributed by atoms with E-state index in [0.29, 0.717) is 40.9 Å². The van der Waals surface area contributed by atoms with Crippen LogP contribution in [0.1, 0.15) is 87.4 Å². The molecule has 7 nitrogen and oxygen atoms in total. The lowest BCUT2D eigenvalue weighted by Crippen LogP contribution is -2.36. The molecule has 2 saturated carbocycles. The van der Waals surface area contributed by atoms with Crippen LogP contribution in [0.25, 0.3) is 0 Å². The van der Waals surface area contributed by atoms with Gasteiger partial charge in [0.1, 0.15) is 23.7 Å². The molecule has 0 radical (unpaired) electrons. The molecule has 2 aliphatic carbocycles. The molecule has 2 aromatic carbocycles. The standard InChI is InChI=1S/C30H36O7/c1-29(2,3)15-21(31)20-13-14-22-24(26(20)34-5)27(32)35-16-17-7-6-8-23(25(17)36-22)37-28(33)30(4)18-9-10-19(30)12-11-18/h6-8,13-14,18-19,21,31H,9-12,15-16H2,1-5H3. The third-order valence-electron chi connectivity index (χ3n) is 8.42. The zero-order valence-electron chi connectivity index (χ0n) is 22.3. The number of carbonyl (C=O) groups is 2. The fourth-order valence-corrected chi connectivity index (χ4v) is 6.40. The second-order valence-electron chi connectivity index (χ2n) is 12.0. The summed E-state index contributed by atoms with van der Waals surface area (Å²) in [5.41, 5.74) is 0.552. The van der Waals surface area contributed by atoms with Crippen molar-refractivity contribution in [3.8, 4) is 23.0 Å². The third-order valence-corrected chi connectivity index (χ3v) is 8.42. The molecule has 2 aromatic rings. The largest absolute Gasteiger partial charge is 0.495 e. The molecule has 1 aliphatic heterocycles. The zero-order valence-corrected chi connectivity index (χ0v) is 22.3. The number of benzene rings is 2.